The van der Waals surface area contributed by atoms with E-state index < -0.39 is 0 Å². The first kappa shape index (κ1) is 12.3. The molecule has 0 saturated heterocycles. The van der Waals surface area contributed by atoms with Crippen molar-refractivity contribution in [2.45, 2.75) is 25.8 Å². The zero-order valence-electron chi connectivity index (χ0n) is 9.38. The van der Waals surface area contributed by atoms with Crippen LogP contribution in [0.3, 0.4) is 0 Å². The van der Waals surface area contributed by atoms with Crippen LogP contribution in [-0.2, 0) is 6.54 Å². The molecule has 1 aliphatic rings. The molecule has 0 atom stereocenters. The van der Waals surface area contributed by atoms with Gasteiger partial charge in [-0.2, -0.15) is 0 Å². The van der Waals surface area contributed by atoms with Crippen molar-refractivity contribution >= 4 is 22.6 Å². The Labute approximate surface area is 111 Å². The molecule has 0 bridgehead atoms. The summed E-state index contributed by atoms with van der Waals surface area (Å²) in [6.07, 6.45) is 3.49. The molecule has 0 radical (unpaired) electrons. The quantitative estimate of drug-likeness (QED) is 0.786. The van der Waals surface area contributed by atoms with E-state index >= 15 is 0 Å². The van der Waals surface area contributed by atoms with Gasteiger partial charge in [0.15, 0.2) is 0 Å². The molecule has 3 heteroatoms. The minimum Gasteiger partial charge on any atom is -0.396 e. The fourth-order valence-corrected chi connectivity index (χ4v) is 2.36. The highest BCUT2D eigenvalue weighted by Crippen LogP contribution is 2.47. The van der Waals surface area contributed by atoms with Gasteiger partial charge in [-0.1, -0.05) is 12.1 Å². The largest absolute Gasteiger partial charge is 0.396 e. The van der Waals surface area contributed by atoms with Crippen LogP contribution in [0, 0.1) is 8.99 Å². The van der Waals surface area contributed by atoms with Crippen LogP contribution >= 0.6 is 22.6 Å². The van der Waals surface area contributed by atoms with Gasteiger partial charge < -0.3 is 10.4 Å². The molecule has 88 valence electrons. The Kier molecular flexibility index (Phi) is 4.21. The molecule has 1 saturated carbocycles. The number of benzene rings is 1. The summed E-state index contributed by atoms with van der Waals surface area (Å²) < 4.78 is 1.28. The summed E-state index contributed by atoms with van der Waals surface area (Å²) >= 11 is 2.32. The van der Waals surface area contributed by atoms with Crippen molar-refractivity contribution < 1.29 is 5.11 Å². The van der Waals surface area contributed by atoms with Crippen LogP contribution in [0.2, 0.25) is 0 Å². The number of hydrogen-bond acceptors (Lipinski definition) is 2. The van der Waals surface area contributed by atoms with Gasteiger partial charge in [0.2, 0.25) is 0 Å². The van der Waals surface area contributed by atoms with Gasteiger partial charge in [-0.25, -0.2) is 0 Å². The molecule has 1 aromatic rings. The summed E-state index contributed by atoms with van der Waals surface area (Å²) in [5.74, 6) is 0. The standard InChI is InChI=1S/C13H18INO/c14-12-3-1-11(2-4-12)9-15-10-13(5-6-13)7-8-16/h1-4,15-16H,5-10H2. The number of hydrogen-bond donors (Lipinski definition) is 2. The lowest BCUT2D eigenvalue weighted by Gasteiger charge is -2.14. The van der Waals surface area contributed by atoms with Gasteiger partial charge in [-0.05, 0) is 65.0 Å². The van der Waals surface area contributed by atoms with E-state index in [0.717, 1.165) is 19.5 Å². The SMILES string of the molecule is OCCC1(CNCc2ccc(I)cc2)CC1. The second-order valence-corrected chi connectivity index (χ2v) is 5.95. The van der Waals surface area contributed by atoms with Crippen molar-refractivity contribution in [1.29, 1.82) is 0 Å². The van der Waals surface area contributed by atoms with Gasteiger partial charge in [0.25, 0.3) is 0 Å². The third-order valence-electron chi connectivity index (χ3n) is 3.34. The van der Waals surface area contributed by atoms with Gasteiger partial charge in [0.1, 0.15) is 0 Å². The van der Waals surface area contributed by atoms with Gasteiger partial charge in [0.05, 0.1) is 0 Å². The Morgan fingerprint density at radius 3 is 2.50 bits per heavy atom. The summed E-state index contributed by atoms with van der Waals surface area (Å²) in [6, 6.07) is 8.61. The van der Waals surface area contributed by atoms with Gasteiger partial charge in [-0.15, -0.1) is 0 Å². The molecule has 16 heavy (non-hydrogen) atoms. The summed E-state index contributed by atoms with van der Waals surface area (Å²) in [5, 5.41) is 12.5. The number of rotatable bonds is 6. The number of aliphatic hydroxyl groups is 1. The van der Waals surface area contributed by atoms with Crippen molar-refractivity contribution in [2.75, 3.05) is 13.2 Å². The minimum atomic E-state index is 0.325. The minimum absolute atomic E-state index is 0.325. The van der Waals surface area contributed by atoms with Crippen molar-refractivity contribution in [3.63, 3.8) is 0 Å². The van der Waals surface area contributed by atoms with Crippen LogP contribution in [0.1, 0.15) is 24.8 Å². The van der Waals surface area contributed by atoms with Crippen LogP contribution in [0.15, 0.2) is 24.3 Å². The maximum absolute atomic E-state index is 8.96. The first-order chi connectivity index (χ1) is 7.74. The highest BCUT2D eigenvalue weighted by molar-refractivity contribution is 14.1. The summed E-state index contributed by atoms with van der Waals surface area (Å²) in [5.41, 5.74) is 1.75. The lowest BCUT2D eigenvalue weighted by atomic mass is 10.0. The van der Waals surface area contributed by atoms with Gasteiger partial charge in [-0.3, -0.25) is 0 Å². The van der Waals surface area contributed by atoms with Crippen molar-refractivity contribution in [3.05, 3.63) is 33.4 Å². The van der Waals surface area contributed by atoms with Crippen molar-refractivity contribution in [2.24, 2.45) is 5.41 Å². The molecule has 0 aliphatic heterocycles. The van der Waals surface area contributed by atoms with Crippen LogP contribution in [-0.4, -0.2) is 18.3 Å². The van der Waals surface area contributed by atoms with Crippen molar-refractivity contribution in [3.8, 4) is 0 Å². The van der Waals surface area contributed by atoms with E-state index in [4.69, 9.17) is 5.11 Å². The smallest absolute Gasteiger partial charge is 0.0436 e. The first-order valence-electron chi connectivity index (χ1n) is 5.80. The molecule has 0 aromatic heterocycles. The lowest BCUT2D eigenvalue weighted by molar-refractivity contribution is 0.245. The second-order valence-electron chi connectivity index (χ2n) is 4.70. The predicted molar refractivity (Wildman–Crippen MR) is 74.2 cm³/mol. The van der Waals surface area contributed by atoms with E-state index in [9.17, 15) is 0 Å². The Hall–Kier alpha value is -0.130. The van der Waals surface area contributed by atoms with E-state index in [1.54, 1.807) is 0 Å². The van der Waals surface area contributed by atoms with Crippen LogP contribution in [0.4, 0.5) is 0 Å². The molecule has 0 amide bonds. The Morgan fingerprint density at radius 1 is 1.25 bits per heavy atom. The predicted octanol–water partition coefficient (Wildman–Crippen LogP) is 2.54. The molecule has 1 fully saturated rings. The molecule has 1 aliphatic carbocycles. The third kappa shape index (κ3) is 3.43. The molecule has 0 spiro atoms. The maximum Gasteiger partial charge on any atom is 0.0436 e. The average molecular weight is 331 g/mol. The first-order valence-corrected chi connectivity index (χ1v) is 6.88. The maximum atomic E-state index is 8.96. The van der Waals surface area contributed by atoms with Crippen LogP contribution in [0.5, 0.6) is 0 Å². The van der Waals surface area contributed by atoms with Gasteiger partial charge in [0, 0.05) is 23.3 Å². The molecule has 0 heterocycles. The monoisotopic (exact) mass is 331 g/mol. The van der Waals surface area contributed by atoms with Gasteiger partial charge >= 0.3 is 0 Å². The molecular formula is C13H18INO. The molecule has 2 rings (SSSR count). The zero-order chi connectivity index (χ0) is 11.4. The van der Waals surface area contributed by atoms with E-state index in [2.05, 4.69) is 52.2 Å². The fourth-order valence-electron chi connectivity index (χ4n) is 2.00. The fraction of sp³-hybridized carbons (Fsp3) is 0.538. The van der Waals surface area contributed by atoms with E-state index in [1.807, 2.05) is 0 Å². The summed E-state index contributed by atoms with van der Waals surface area (Å²) in [6.45, 7) is 2.30. The van der Waals surface area contributed by atoms with Crippen LogP contribution in [0.25, 0.3) is 0 Å². The lowest BCUT2D eigenvalue weighted by Crippen LogP contribution is -2.24. The number of aliphatic hydroxyl groups excluding tert-OH is 1. The molecule has 2 N–H and O–H groups in total. The van der Waals surface area contributed by atoms with E-state index in [0.29, 0.717) is 12.0 Å². The highest BCUT2D eigenvalue weighted by atomic mass is 127. The number of halogens is 1. The topological polar surface area (TPSA) is 32.3 Å². The van der Waals surface area contributed by atoms with E-state index in [1.165, 1.54) is 22.0 Å². The zero-order valence-corrected chi connectivity index (χ0v) is 11.5. The molecular weight excluding hydrogens is 313 g/mol. The Bertz CT molecular complexity index is 332. The second kappa shape index (κ2) is 5.47. The summed E-state index contributed by atoms with van der Waals surface area (Å²) in [4.78, 5) is 0. The number of nitrogens with one attached hydrogen (secondary N) is 1. The third-order valence-corrected chi connectivity index (χ3v) is 4.06. The molecule has 1 aromatic carbocycles. The highest BCUT2D eigenvalue weighted by Gasteiger charge is 2.41. The average Bonchev–Trinajstić information content (AvgIpc) is 3.02. The van der Waals surface area contributed by atoms with Crippen molar-refractivity contribution in [1.82, 2.24) is 5.32 Å². The Balaban J connectivity index is 1.74. The molecule has 0 unspecified atom stereocenters. The van der Waals surface area contributed by atoms with E-state index in [-0.39, 0.29) is 0 Å². The normalized spacial score (nSPS) is 17.4. The summed E-state index contributed by atoms with van der Waals surface area (Å²) in [7, 11) is 0. The Morgan fingerprint density at radius 2 is 1.94 bits per heavy atom. The van der Waals surface area contributed by atoms with Crippen LogP contribution < -0.4 is 5.32 Å². The molecule has 2 nitrogen and oxygen atoms in total.